The SMILES string of the molecule is CC[C@H]1C[C@@H](n2c(=O)nc(-c3cnn(C)c3)c3oc4c(Cl)cc(C(C=NC)=CN)cc4c32)CCO1. The third kappa shape index (κ3) is 4.04. The third-order valence-electron chi connectivity index (χ3n) is 6.51. The number of aliphatic imine (C=N–C) groups is 1. The maximum atomic E-state index is 13.6. The number of hydrogen-bond donors (Lipinski definition) is 1. The minimum atomic E-state index is -0.341. The molecule has 0 bridgehead atoms. The summed E-state index contributed by atoms with van der Waals surface area (Å²) in [6.07, 6.45) is 9.00. The highest BCUT2D eigenvalue weighted by atomic mass is 35.5. The van der Waals surface area contributed by atoms with E-state index >= 15 is 0 Å². The molecule has 1 saturated heterocycles. The van der Waals surface area contributed by atoms with Crippen molar-refractivity contribution < 1.29 is 9.15 Å². The van der Waals surface area contributed by atoms with Crippen LogP contribution in [0, 0.1) is 0 Å². The van der Waals surface area contributed by atoms with Crippen LogP contribution in [0.5, 0.6) is 0 Å². The molecule has 10 heteroatoms. The molecule has 0 aliphatic carbocycles. The number of rotatable bonds is 5. The van der Waals surface area contributed by atoms with Crippen LogP contribution in [-0.4, -0.2) is 45.3 Å². The fourth-order valence-electron chi connectivity index (χ4n) is 4.82. The van der Waals surface area contributed by atoms with Crippen molar-refractivity contribution in [2.45, 2.75) is 38.3 Å². The molecule has 0 unspecified atom stereocenters. The third-order valence-corrected chi connectivity index (χ3v) is 6.79. The molecule has 2 atom stereocenters. The number of allylic oxidation sites excluding steroid dienone is 1. The van der Waals surface area contributed by atoms with E-state index in [4.69, 9.17) is 26.5 Å². The Hall–Kier alpha value is -3.43. The summed E-state index contributed by atoms with van der Waals surface area (Å²) in [5, 5.41) is 5.38. The summed E-state index contributed by atoms with van der Waals surface area (Å²) in [6.45, 7) is 2.67. The quantitative estimate of drug-likeness (QED) is 0.413. The Balaban J connectivity index is 1.86. The molecule has 1 aliphatic heterocycles. The van der Waals surface area contributed by atoms with Gasteiger partial charge in [0.05, 0.1) is 17.3 Å². The first-order valence-electron chi connectivity index (χ1n) is 11.6. The maximum Gasteiger partial charge on any atom is 0.349 e. The second kappa shape index (κ2) is 9.31. The van der Waals surface area contributed by atoms with Crippen LogP contribution in [0.3, 0.4) is 0 Å². The van der Waals surface area contributed by atoms with Crippen LogP contribution in [0.2, 0.25) is 5.02 Å². The van der Waals surface area contributed by atoms with E-state index in [0.29, 0.717) is 51.6 Å². The molecule has 1 aliphatic rings. The molecular weight excluding hydrogens is 468 g/mol. The molecule has 35 heavy (non-hydrogen) atoms. The fraction of sp³-hybridized carbons (Fsp3) is 0.360. The molecule has 3 aromatic heterocycles. The Bertz CT molecular complexity index is 1530. The van der Waals surface area contributed by atoms with E-state index in [9.17, 15) is 4.79 Å². The van der Waals surface area contributed by atoms with Crippen molar-refractivity contribution in [2.75, 3.05) is 13.7 Å². The van der Waals surface area contributed by atoms with Crippen molar-refractivity contribution >= 4 is 45.5 Å². The zero-order valence-corrected chi connectivity index (χ0v) is 20.6. The van der Waals surface area contributed by atoms with Crippen LogP contribution >= 0.6 is 11.6 Å². The Labute approximate surface area is 206 Å². The first-order valence-corrected chi connectivity index (χ1v) is 12.0. The summed E-state index contributed by atoms with van der Waals surface area (Å²) in [6, 6.07) is 3.64. The standard InChI is InChI=1S/C25H27ClN6O3/c1-4-18-9-17(5-6-34-18)32-22-19-7-14(15(10-27)11-28-2)8-20(26)23(19)35-24(22)21(30-25(32)33)16-12-29-31(3)13-16/h7-8,10-13,17-18H,4-6,9,27H2,1-3H3/t17-,18-/m0/s1. The number of aryl methyl sites for hydroxylation is 1. The Morgan fingerprint density at radius 3 is 2.89 bits per heavy atom. The summed E-state index contributed by atoms with van der Waals surface area (Å²) < 4.78 is 15.6. The zero-order valence-electron chi connectivity index (χ0n) is 19.9. The Morgan fingerprint density at radius 2 is 2.20 bits per heavy atom. The van der Waals surface area contributed by atoms with Gasteiger partial charge >= 0.3 is 5.69 Å². The molecule has 2 N–H and O–H groups in total. The largest absolute Gasteiger partial charge is 0.451 e. The monoisotopic (exact) mass is 494 g/mol. The molecule has 4 aromatic rings. The Morgan fingerprint density at radius 1 is 1.37 bits per heavy atom. The summed E-state index contributed by atoms with van der Waals surface area (Å²) in [5.74, 6) is 0. The van der Waals surface area contributed by atoms with Crippen LogP contribution in [0.1, 0.15) is 37.8 Å². The first-order chi connectivity index (χ1) is 16.9. The van der Waals surface area contributed by atoms with Gasteiger partial charge in [-0.05, 0) is 37.0 Å². The van der Waals surface area contributed by atoms with Gasteiger partial charge in [-0.25, -0.2) is 4.79 Å². The average Bonchev–Trinajstić information content (AvgIpc) is 3.46. The van der Waals surface area contributed by atoms with Gasteiger partial charge in [-0.15, -0.1) is 0 Å². The predicted molar refractivity (Wildman–Crippen MR) is 138 cm³/mol. The fourth-order valence-corrected chi connectivity index (χ4v) is 5.08. The lowest BCUT2D eigenvalue weighted by Gasteiger charge is -2.30. The van der Waals surface area contributed by atoms with Crippen LogP contribution in [0.15, 0.2) is 44.9 Å². The van der Waals surface area contributed by atoms with Gasteiger partial charge in [-0.1, -0.05) is 18.5 Å². The zero-order chi connectivity index (χ0) is 24.7. The number of fused-ring (bicyclic) bond motifs is 3. The molecule has 0 spiro atoms. The summed E-state index contributed by atoms with van der Waals surface area (Å²) >= 11 is 6.71. The molecule has 0 radical (unpaired) electrons. The van der Waals surface area contributed by atoms with Gasteiger partial charge in [0.2, 0.25) is 0 Å². The van der Waals surface area contributed by atoms with Gasteiger partial charge in [0.1, 0.15) is 11.2 Å². The number of furan rings is 1. The van der Waals surface area contributed by atoms with E-state index in [2.05, 4.69) is 22.0 Å². The van der Waals surface area contributed by atoms with E-state index in [1.807, 2.05) is 13.1 Å². The van der Waals surface area contributed by atoms with Gasteiger partial charge in [0.15, 0.2) is 11.2 Å². The minimum Gasteiger partial charge on any atom is -0.451 e. The van der Waals surface area contributed by atoms with Crippen molar-refractivity contribution in [3.8, 4) is 11.3 Å². The van der Waals surface area contributed by atoms with Gasteiger partial charge in [0, 0.05) is 61.9 Å². The lowest BCUT2D eigenvalue weighted by Crippen LogP contribution is -2.34. The van der Waals surface area contributed by atoms with E-state index in [1.165, 1.54) is 6.20 Å². The highest BCUT2D eigenvalue weighted by molar-refractivity contribution is 6.36. The number of halogens is 1. The molecule has 1 fully saturated rings. The number of aromatic nitrogens is 4. The van der Waals surface area contributed by atoms with Crippen molar-refractivity contribution in [1.82, 2.24) is 19.3 Å². The number of nitrogens with two attached hydrogens (primary N) is 1. The highest BCUT2D eigenvalue weighted by Crippen LogP contribution is 2.40. The number of nitrogens with zero attached hydrogens (tertiary/aromatic N) is 5. The number of hydrogen-bond acceptors (Lipinski definition) is 7. The van der Waals surface area contributed by atoms with E-state index in [0.717, 1.165) is 23.8 Å². The Kier molecular flexibility index (Phi) is 6.21. The van der Waals surface area contributed by atoms with E-state index in [1.54, 1.807) is 41.0 Å². The molecule has 4 heterocycles. The van der Waals surface area contributed by atoms with Crippen molar-refractivity contribution in [3.05, 3.63) is 51.8 Å². The second-order valence-corrected chi connectivity index (χ2v) is 9.13. The minimum absolute atomic E-state index is 0.0795. The van der Waals surface area contributed by atoms with Crippen molar-refractivity contribution in [3.63, 3.8) is 0 Å². The molecule has 1 aromatic carbocycles. The van der Waals surface area contributed by atoms with Crippen LogP contribution in [-0.2, 0) is 11.8 Å². The molecule has 0 saturated carbocycles. The highest BCUT2D eigenvalue weighted by Gasteiger charge is 2.29. The average molecular weight is 495 g/mol. The first kappa shape index (κ1) is 23.3. The van der Waals surface area contributed by atoms with Gasteiger partial charge in [0.25, 0.3) is 0 Å². The van der Waals surface area contributed by atoms with Gasteiger partial charge in [-0.3, -0.25) is 14.2 Å². The van der Waals surface area contributed by atoms with Crippen LogP contribution in [0.4, 0.5) is 0 Å². The van der Waals surface area contributed by atoms with E-state index < -0.39 is 0 Å². The maximum absolute atomic E-state index is 13.6. The van der Waals surface area contributed by atoms with Crippen LogP contribution in [0.25, 0.3) is 38.9 Å². The van der Waals surface area contributed by atoms with Crippen LogP contribution < -0.4 is 11.4 Å². The van der Waals surface area contributed by atoms with Gasteiger partial charge in [-0.2, -0.15) is 10.1 Å². The number of benzene rings is 1. The number of ether oxygens (including phenoxy) is 1. The topological polar surface area (TPSA) is 113 Å². The van der Waals surface area contributed by atoms with E-state index in [-0.39, 0.29) is 17.8 Å². The lowest BCUT2D eigenvalue weighted by molar-refractivity contribution is -0.00709. The van der Waals surface area contributed by atoms with Gasteiger partial charge < -0.3 is 14.9 Å². The summed E-state index contributed by atoms with van der Waals surface area (Å²) in [5.41, 5.74) is 9.78. The summed E-state index contributed by atoms with van der Waals surface area (Å²) in [7, 11) is 3.49. The molecular formula is C25H27ClN6O3. The summed E-state index contributed by atoms with van der Waals surface area (Å²) in [4.78, 5) is 22.1. The lowest BCUT2D eigenvalue weighted by atomic mass is 10.00. The molecule has 182 valence electrons. The molecule has 5 rings (SSSR count). The predicted octanol–water partition coefficient (Wildman–Crippen LogP) is 4.33. The normalized spacial score (nSPS) is 19.4. The second-order valence-electron chi connectivity index (χ2n) is 8.72. The van der Waals surface area contributed by atoms with Crippen molar-refractivity contribution in [2.24, 2.45) is 17.8 Å². The molecule has 0 amide bonds. The molecule has 9 nitrogen and oxygen atoms in total. The van der Waals surface area contributed by atoms with Crippen molar-refractivity contribution in [1.29, 1.82) is 0 Å². The smallest absolute Gasteiger partial charge is 0.349 e.